The van der Waals surface area contributed by atoms with Crippen LogP contribution in [0.25, 0.3) is 0 Å². The monoisotopic (exact) mass is 315 g/mol. The van der Waals surface area contributed by atoms with Gasteiger partial charge in [0.15, 0.2) is 0 Å². The number of nitrogens with zero attached hydrogens (tertiary/aromatic N) is 1. The third-order valence-corrected chi connectivity index (χ3v) is 4.41. The number of benzene rings is 1. The van der Waals surface area contributed by atoms with Gasteiger partial charge in [-0.1, -0.05) is 12.1 Å². The number of nitrogens with one attached hydrogen (secondary N) is 1. The summed E-state index contributed by atoms with van der Waals surface area (Å²) >= 11 is 0. The number of nitrogens with two attached hydrogens (primary N) is 1. The highest BCUT2D eigenvalue weighted by atomic mass is 32.2. The van der Waals surface area contributed by atoms with Crippen LogP contribution >= 0.6 is 0 Å². The minimum absolute atomic E-state index is 0.111. The van der Waals surface area contributed by atoms with Crippen molar-refractivity contribution >= 4 is 10.0 Å². The molecular weight excluding hydrogens is 290 g/mol. The van der Waals surface area contributed by atoms with Crippen molar-refractivity contribution in [2.75, 3.05) is 40.4 Å². The number of likely N-dealkylation sites (N-methyl/N-ethyl adjacent to an activating group) is 1. The van der Waals surface area contributed by atoms with Gasteiger partial charge in [-0.25, -0.2) is 13.1 Å². The van der Waals surface area contributed by atoms with Crippen LogP contribution in [0.3, 0.4) is 0 Å². The molecule has 0 saturated carbocycles. The average molecular weight is 315 g/mol. The molecule has 0 bridgehead atoms. The van der Waals surface area contributed by atoms with E-state index in [1.54, 1.807) is 24.3 Å². The number of sulfonamides is 1. The zero-order chi connectivity index (χ0) is 15.9. The molecule has 1 unspecified atom stereocenters. The van der Waals surface area contributed by atoms with E-state index in [1.807, 2.05) is 25.9 Å². The van der Waals surface area contributed by atoms with Crippen LogP contribution in [0.15, 0.2) is 29.2 Å². The Labute approximate surface area is 127 Å². The van der Waals surface area contributed by atoms with Gasteiger partial charge >= 0.3 is 0 Å². The van der Waals surface area contributed by atoms with E-state index in [9.17, 15) is 8.42 Å². The summed E-state index contributed by atoms with van der Waals surface area (Å²) in [6, 6.07) is 6.47. The molecule has 1 aromatic rings. The van der Waals surface area contributed by atoms with Gasteiger partial charge in [0.1, 0.15) is 0 Å². The normalized spacial score (nSPS) is 13.6. The lowest BCUT2D eigenvalue weighted by molar-refractivity contribution is 0.122. The summed E-state index contributed by atoms with van der Waals surface area (Å²) in [5.41, 5.74) is 6.64. The molecule has 1 rings (SSSR count). The molecule has 3 N–H and O–H groups in total. The second-order valence-electron chi connectivity index (χ2n) is 5.17. The van der Waals surface area contributed by atoms with Crippen molar-refractivity contribution in [3.63, 3.8) is 0 Å². The summed E-state index contributed by atoms with van der Waals surface area (Å²) < 4.78 is 32.0. The van der Waals surface area contributed by atoms with E-state index in [-0.39, 0.29) is 17.5 Å². The van der Waals surface area contributed by atoms with E-state index >= 15 is 0 Å². The van der Waals surface area contributed by atoms with Crippen LogP contribution in [0.1, 0.15) is 18.5 Å². The molecule has 7 heteroatoms. The number of ether oxygens (including phenoxy) is 1. The summed E-state index contributed by atoms with van der Waals surface area (Å²) in [6.45, 7) is 3.85. The number of hydrogen-bond donors (Lipinski definition) is 2. The van der Waals surface area contributed by atoms with Gasteiger partial charge in [-0.05, 0) is 38.7 Å². The molecule has 0 saturated heterocycles. The molecule has 0 spiro atoms. The minimum atomic E-state index is -3.49. The van der Waals surface area contributed by atoms with Crippen molar-refractivity contribution in [1.29, 1.82) is 0 Å². The molecule has 0 radical (unpaired) electrons. The van der Waals surface area contributed by atoms with Crippen molar-refractivity contribution < 1.29 is 13.2 Å². The van der Waals surface area contributed by atoms with Gasteiger partial charge in [0, 0.05) is 19.1 Å². The lowest BCUT2D eigenvalue weighted by Gasteiger charge is -2.11. The largest absolute Gasteiger partial charge is 0.379 e. The lowest BCUT2D eigenvalue weighted by Crippen LogP contribution is -2.28. The van der Waals surface area contributed by atoms with Crippen molar-refractivity contribution in [3.8, 4) is 0 Å². The van der Waals surface area contributed by atoms with E-state index in [2.05, 4.69) is 4.72 Å². The maximum atomic E-state index is 12.0. The SMILES string of the molecule is CC(N)c1ccc(S(=O)(=O)NCCOCCN(C)C)cc1. The highest BCUT2D eigenvalue weighted by Crippen LogP contribution is 2.14. The van der Waals surface area contributed by atoms with E-state index < -0.39 is 10.0 Å². The smallest absolute Gasteiger partial charge is 0.240 e. The molecule has 1 aromatic carbocycles. The summed E-state index contributed by atoms with van der Waals surface area (Å²) in [5.74, 6) is 0. The topological polar surface area (TPSA) is 84.7 Å². The third kappa shape index (κ3) is 6.54. The summed E-state index contributed by atoms with van der Waals surface area (Å²) in [5, 5.41) is 0. The van der Waals surface area contributed by atoms with Crippen LogP contribution in [0, 0.1) is 0 Å². The Balaban J connectivity index is 2.43. The van der Waals surface area contributed by atoms with Crippen LogP contribution in [-0.4, -0.2) is 53.7 Å². The molecule has 120 valence electrons. The first kappa shape index (κ1) is 18.1. The Kier molecular flexibility index (Phi) is 7.27. The Morgan fingerprint density at radius 3 is 2.38 bits per heavy atom. The second-order valence-corrected chi connectivity index (χ2v) is 6.94. The van der Waals surface area contributed by atoms with Crippen molar-refractivity contribution in [2.45, 2.75) is 17.9 Å². The van der Waals surface area contributed by atoms with Gasteiger partial charge in [-0.3, -0.25) is 0 Å². The van der Waals surface area contributed by atoms with Crippen LogP contribution in [0.5, 0.6) is 0 Å². The molecule has 0 fully saturated rings. The van der Waals surface area contributed by atoms with Gasteiger partial charge in [-0.2, -0.15) is 0 Å². The number of rotatable bonds is 9. The molecule has 21 heavy (non-hydrogen) atoms. The predicted octanol–water partition coefficient (Wildman–Crippen LogP) is 0.563. The number of hydrogen-bond acceptors (Lipinski definition) is 5. The maximum Gasteiger partial charge on any atom is 0.240 e. The fourth-order valence-electron chi connectivity index (χ4n) is 1.63. The first-order valence-electron chi connectivity index (χ1n) is 6.90. The highest BCUT2D eigenvalue weighted by molar-refractivity contribution is 7.89. The van der Waals surface area contributed by atoms with E-state index in [0.717, 1.165) is 12.1 Å². The quantitative estimate of drug-likeness (QED) is 0.651. The van der Waals surface area contributed by atoms with Crippen LogP contribution in [-0.2, 0) is 14.8 Å². The minimum Gasteiger partial charge on any atom is -0.379 e. The van der Waals surface area contributed by atoms with Crippen molar-refractivity contribution in [3.05, 3.63) is 29.8 Å². The Bertz CT molecular complexity index is 513. The molecule has 0 heterocycles. The van der Waals surface area contributed by atoms with E-state index in [4.69, 9.17) is 10.5 Å². The second kappa shape index (κ2) is 8.45. The molecule has 1 atom stereocenters. The molecule has 0 amide bonds. The lowest BCUT2D eigenvalue weighted by atomic mass is 10.1. The zero-order valence-corrected chi connectivity index (χ0v) is 13.7. The van der Waals surface area contributed by atoms with Gasteiger partial charge in [0.05, 0.1) is 18.1 Å². The molecule has 0 aromatic heterocycles. The fourth-order valence-corrected chi connectivity index (χ4v) is 2.64. The van der Waals surface area contributed by atoms with Crippen LogP contribution < -0.4 is 10.5 Å². The van der Waals surface area contributed by atoms with E-state index in [0.29, 0.717) is 13.2 Å². The Morgan fingerprint density at radius 2 is 1.86 bits per heavy atom. The predicted molar refractivity (Wildman–Crippen MR) is 83.6 cm³/mol. The first-order valence-corrected chi connectivity index (χ1v) is 8.39. The van der Waals surface area contributed by atoms with Gasteiger partial charge in [-0.15, -0.1) is 0 Å². The van der Waals surface area contributed by atoms with Gasteiger partial charge in [0.2, 0.25) is 10.0 Å². The fraction of sp³-hybridized carbons (Fsp3) is 0.571. The molecule has 0 aliphatic heterocycles. The molecule has 0 aliphatic carbocycles. The highest BCUT2D eigenvalue weighted by Gasteiger charge is 2.13. The van der Waals surface area contributed by atoms with Gasteiger partial charge in [0.25, 0.3) is 0 Å². The Hall–Kier alpha value is -0.990. The van der Waals surface area contributed by atoms with Crippen molar-refractivity contribution in [1.82, 2.24) is 9.62 Å². The van der Waals surface area contributed by atoms with Crippen LogP contribution in [0.4, 0.5) is 0 Å². The Morgan fingerprint density at radius 1 is 1.24 bits per heavy atom. The first-order chi connectivity index (χ1) is 9.83. The third-order valence-electron chi connectivity index (χ3n) is 2.94. The summed E-state index contributed by atoms with van der Waals surface area (Å²) in [4.78, 5) is 2.24. The maximum absolute atomic E-state index is 12.0. The van der Waals surface area contributed by atoms with Gasteiger partial charge < -0.3 is 15.4 Å². The summed E-state index contributed by atoms with van der Waals surface area (Å²) in [7, 11) is 0.425. The zero-order valence-electron chi connectivity index (χ0n) is 12.9. The van der Waals surface area contributed by atoms with Crippen molar-refractivity contribution in [2.24, 2.45) is 5.73 Å². The standard InChI is InChI=1S/C14H25N3O3S/c1-12(15)13-4-6-14(7-5-13)21(18,19)16-8-10-20-11-9-17(2)3/h4-7,12,16H,8-11,15H2,1-3H3. The molecular formula is C14H25N3O3S. The molecule has 6 nitrogen and oxygen atoms in total. The average Bonchev–Trinajstić information content (AvgIpc) is 2.42. The molecule has 0 aliphatic rings. The van der Waals surface area contributed by atoms with E-state index in [1.165, 1.54) is 0 Å². The summed E-state index contributed by atoms with van der Waals surface area (Å²) in [6.07, 6.45) is 0. The van der Waals surface area contributed by atoms with Crippen LogP contribution in [0.2, 0.25) is 0 Å².